The number of rotatable bonds is 7. The Kier molecular flexibility index (Phi) is 6.16. The molecule has 1 aliphatic heterocycles. The fourth-order valence-electron chi connectivity index (χ4n) is 2.87. The summed E-state index contributed by atoms with van der Waals surface area (Å²) in [5.41, 5.74) is 1.10. The molecule has 1 aromatic carbocycles. The number of carbonyl (C=O) groups excluding carboxylic acids is 2. The monoisotopic (exact) mass is 317 g/mol. The molecule has 23 heavy (non-hydrogen) atoms. The molecule has 2 amide bonds. The quantitative estimate of drug-likeness (QED) is 0.832. The first-order valence-corrected chi connectivity index (χ1v) is 8.33. The Morgan fingerprint density at radius 2 is 2.09 bits per heavy atom. The number of nitrogens with zero attached hydrogens (tertiary/aromatic N) is 2. The van der Waals surface area contributed by atoms with Gasteiger partial charge >= 0.3 is 0 Å². The second kappa shape index (κ2) is 8.11. The Hall–Kier alpha value is -1.88. The van der Waals surface area contributed by atoms with E-state index in [2.05, 4.69) is 17.1 Å². The standard InChI is InChI=1S/C18H27N3O2/c1-4-20(3)11-10-19-18(23)16-12-17(22)21(13-16)14(2)15-8-6-5-7-9-15/h5-9,14,16H,4,10-13H2,1-3H3,(H,19,23). The predicted molar refractivity (Wildman–Crippen MR) is 90.9 cm³/mol. The van der Waals surface area contributed by atoms with Crippen molar-refractivity contribution in [3.63, 3.8) is 0 Å². The van der Waals surface area contributed by atoms with Crippen molar-refractivity contribution in [2.75, 3.05) is 33.2 Å². The van der Waals surface area contributed by atoms with E-state index in [4.69, 9.17) is 0 Å². The van der Waals surface area contributed by atoms with Crippen LogP contribution in [0.25, 0.3) is 0 Å². The Morgan fingerprint density at radius 3 is 2.74 bits per heavy atom. The van der Waals surface area contributed by atoms with Gasteiger partial charge in [-0.2, -0.15) is 0 Å². The SMILES string of the molecule is CCN(C)CCNC(=O)C1CC(=O)N(C(C)c2ccccc2)C1. The molecule has 0 aromatic heterocycles. The fraction of sp³-hybridized carbons (Fsp3) is 0.556. The molecule has 5 nitrogen and oxygen atoms in total. The van der Waals surface area contributed by atoms with Gasteiger partial charge in [0.05, 0.1) is 12.0 Å². The van der Waals surface area contributed by atoms with Crippen molar-refractivity contribution >= 4 is 11.8 Å². The van der Waals surface area contributed by atoms with Gasteiger partial charge in [-0.25, -0.2) is 0 Å². The molecule has 1 N–H and O–H groups in total. The van der Waals surface area contributed by atoms with Crippen molar-refractivity contribution in [1.29, 1.82) is 0 Å². The number of amides is 2. The molecule has 1 fully saturated rings. The molecular formula is C18H27N3O2. The average molecular weight is 317 g/mol. The third-order valence-corrected chi connectivity index (χ3v) is 4.61. The normalized spacial score (nSPS) is 19.2. The van der Waals surface area contributed by atoms with Crippen molar-refractivity contribution in [1.82, 2.24) is 15.1 Å². The van der Waals surface area contributed by atoms with E-state index in [1.807, 2.05) is 49.2 Å². The largest absolute Gasteiger partial charge is 0.355 e. The summed E-state index contributed by atoms with van der Waals surface area (Å²) in [4.78, 5) is 28.5. The zero-order valence-electron chi connectivity index (χ0n) is 14.3. The van der Waals surface area contributed by atoms with E-state index in [9.17, 15) is 9.59 Å². The van der Waals surface area contributed by atoms with Gasteiger partial charge in [-0.3, -0.25) is 9.59 Å². The van der Waals surface area contributed by atoms with Crippen LogP contribution in [-0.4, -0.2) is 54.8 Å². The van der Waals surface area contributed by atoms with Crippen molar-refractivity contribution in [2.24, 2.45) is 5.92 Å². The van der Waals surface area contributed by atoms with Crippen LogP contribution in [0.3, 0.4) is 0 Å². The van der Waals surface area contributed by atoms with Crippen molar-refractivity contribution in [3.05, 3.63) is 35.9 Å². The third kappa shape index (κ3) is 4.55. The molecule has 0 spiro atoms. The number of likely N-dealkylation sites (tertiary alicyclic amines) is 1. The van der Waals surface area contributed by atoms with Gasteiger partial charge in [0.15, 0.2) is 0 Å². The lowest BCUT2D eigenvalue weighted by Gasteiger charge is -2.25. The lowest BCUT2D eigenvalue weighted by molar-refractivity contribution is -0.130. The number of benzene rings is 1. The minimum atomic E-state index is -0.236. The fourth-order valence-corrected chi connectivity index (χ4v) is 2.87. The first-order valence-electron chi connectivity index (χ1n) is 8.33. The summed E-state index contributed by atoms with van der Waals surface area (Å²) in [6.45, 7) is 7.02. The Balaban J connectivity index is 1.88. The van der Waals surface area contributed by atoms with Gasteiger partial charge in [0.2, 0.25) is 11.8 Å². The highest BCUT2D eigenvalue weighted by Crippen LogP contribution is 2.28. The number of likely N-dealkylation sites (N-methyl/N-ethyl adjacent to an activating group) is 1. The molecule has 0 bridgehead atoms. The summed E-state index contributed by atoms with van der Waals surface area (Å²) in [6, 6.07) is 9.96. The number of hydrogen-bond donors (Lipinski definition) is 1. The van der Waals surface area contributed by atoms with Crippen molar-refractivity contribution in [2.45, 2.75) is 26.3 Å². The summed E-state index contributed by atoms with van der Waals surface area (Å²) in [7, 11) is 2.02. The molecule has 2 unspecified atom stereocenters. The van der Waals surface area contributed by atoms with Gasteiger partial charge in [-0.1, -0.05) is 37.3 Å². The lowest BCUT2D eigenvalue weighted by atomic mass is 10.1. The number of nitrogens with one attached hydrogen (secondary N) is 1. The van der Waals surface area contributed by atoms with Crippen LogP contribution in [0.1, 0.15) is 31.9 Å². The molecule has 126 valence electrons. The maximum Gasteiger partial charge on any atom is 0.225 e. The smallest absolute Gasteiger partial charge is 0.225 e. The molecule has 0 aliphatic carbocycles. The molecule has 1 heterocycles. The van der Waals surface area contributed by atoms with Crippen LogP contribution >= 0.6 is 0 Å². The van der Waals surface area contributed by atoms with Crippen molar-refractivity contribution in [3.8, 4) is 0 Å². The van der Waals surface area contributed by atoms with Crippen LogP contribution in [0, 0.1) is 5.92 Å². The molecule has 1 aliphatic rings. The minimum Gasteiger partial charge on any atom is -0.355 e. The summed E-state index contributed by atoms with van der Waals surface area (Å²) in [5, 5.41) is 2.95. The molecule has 5 heteroatoms. The topological polar surface area (TPSA) is 52.7 Å². The van der Waals surface area contributed by atoms with Crippen molar-refractivity contribution < 1.29 is 9.59 Å². The van der Waals surface area contributed by atoms with E-state index in [0.717, 1.165) is 18.7 Å². The summed E-state index contributed by atoms with van der Waals surface area (Å²) in [5.74, 6) is -0.182. The summed E-state index contributed by atoms with van der Waals surface area (Å²) >= 11 is 0. The van der Waals surface area contributed by atoms with Gasteiger partial charge in [0.25, 0.3) is 0 Å². The van der Waals surface area contributed by atoms with Crippen LogP contribution in [0.2, 0.25) is 0 Å². The summed E-state index contributed by atoms with van der Waals surface area (Å²) in [6.07, 6.45) is 0.312. The first kappa shape index (κ1) is 17.5. The number of carbonyl (C=O) groups is 2. The molecule has 0 radical (unpaired) electrons. The Labute approximate surface area is 138 Å². The predicted octanol–water partition coefficient (Wildman–Crippen LogP) is 1.66. The second-order valence-electron chi connectivity index (χ2n) is 6.22. The van der Waals surface area contributed by atoms with Gasteiger partial charge < -0.3 is 15.1 Å². The maximum absolute atomic E-state index is 12.3. The summed E-state index contributed by atoms with van der Waals surface area (Å²) < 4.78 is 0. The zero-order chi connectivity index (χ0) is 16.8. The highest BCUT2D eigenvalue weighted by molar-refractivity contribution is 5.89. The maximum atomic E-state index is 12.3. The highest BCUT2D eigenvalue weighted by Gasteiger charge is 2.36. The van der Waals surface area contributed by atoms with Crippen LogP contribution in [0.4, 0.5) is 0 Å². The average Bonchev–Trinajstić information content (AvgIpc) is 2.96. The van der Waals surface area contributed by atoms with E-state index in [-0.39, 0.29) is 23.8 Å². The van der Waals surface area contributed by atoms with Crippen LogP contribution in [0.15, 0.2) is 30.3 Å². The first-order chi connectivity index (χ1) is 11.0. The molecular weight excluding hydrogens is 290 g/mol. The Bertz CT molecular complexity index is 532. The van der Waals surface area contributed by atoms with E-state index < -0.39 is 0 Å². The zero-order valence-corrected chi connectivity index (χ0v) is 14.3. The number of hydrogen-bond acceptors (Lipinski definition) is 3. The second-order valence-corrected chi connectivity index (χ2v) is 6.22. The van der Waals surface area contributed by atoms with Gasteiger partial charge in [0, 0.05) is 26.1 Å². The van der Waals surface area contributed by atoms with E-state index >= 15 is 0 Å². The molecule has 1 aromatic rings. The lowest BCUT2D eigenvalue weighted by Crippen LogP contribution is -2.37. The van der Waals surface area contributed by atoms with E-state index in [0.29, 0.717) is 19.5 Å². The van der Waals surface area contributed by atoms with E-state index in [1.54, 1.807) is 0 Å². The molecule has 2 rings (SSSR count). The van der Waals surface area contributed by atoms with Gasteiger partial charge in [-0.05, 0) is 26.1 Å². The van der Waals surface area contributed by atoms with E-state index in [1.165, 1.54) is 0 Å². The highest BCUT2D eigenvalue weighted by atomic mass is 16.2. The Morgan fingerprint density at radius 1 is 1.39 bits per heavy atom. The molecule has 0 saturated carbocycles. The molecule has 2 atom stereocenters. The van der Waals surface area contributed by atoms with Crippen LogP contribution < -0.4 is 5.32 Å². The van der Waals surface area contributed by atoms with Gasteiger partial charge in [-0.15, -0.1) is 0 Å². The minimum absolute atomic E-state index is 0.00715. The van der Waals surface area contributed by atoms with Crippen LogP contribution in [0.5, 0.6) is 0 Å². The third-order valence-electron chi connectivity index (χ3n) is 4.61. The molecule has 1 saturated heterocycles. The van der Waals surface area contributed by atoms with Gasteiger partial charge in [0.1, 0.15) is 0 Å². The van der Waals surface area contributed by atoms with Crippen LogP contribution in [-0.2, 0) is 9.59 Å².